The van der Waals surface area contributed by atoms with Gasteiger partial charge in [-0.3, -0.25) is 0 Å². The number of rotatable bonds is 13. The zero-order valence-electron chi connectivity index (χ0n) is 12.7. The zero-order chi connectivity index (χ0) is 14.0. The topological polar surface area (TPSA) is 20.2 Å². The molecule has 0 spiro atoms. The summed E-state index contributed by atoms with van der Waals surface area (Å²) in [5.74, 6) is 0. The summed E-state index contributed by atoms with van der Waals surface area (Å²) in [6.07, 6.45) is 25.8. The van der Waals surface area contributed by atoms with Gasteiger partial charge in [0, 0.05) is 0 Å². The van der Waals surface area contributed by atoms with Gasteiger partial charge < -0.3 is 5.11 Å². The third-order valence-corrected chi connectivity index (χ3v) is 3.28. The van der Waals surface area contributed by atoms with Crippen LogP contribution in [0.5, 0.6) is 0 Å². The van der Waals surface area contributed by atoms with E-state index in [4.69, 9.17) is 5.11 Å². The molecule has 1 heteroatoms. The van der Waals surface area contributed by atoms with Gasteiger partial charge in [0.05, 0.1) is 6.26 Å². The molecule has 0 aromatic heterocycles. The molecule has 0 fully saturated rings. The van der Waals surface area contributed by atoms with E-state index < -0.39 is 0 Å². The molecule has 0 radical (unpaired) electrons. The standard InChI is InChI=1S/C18H32O/c1-2-3-4-5-6-7-8-9-10-11-12-13-14-15-16-17-18-19/h13-19H,2-12H2,1H3/b14-13-,16-15?,18-17?. The van der Waals surface area contributed by atoms with Gasteiger partial charge in [0.25, 0.3) is 0 Å². The van der Waals surface area contributed by atoms with Crippen molar-refractivity contribution in [1.82, 2.24) is 0 Å². The minimum atomic E-state index is 1.05. The minimum absolute atomic E-state index is 1.05. The summed E-state index contributed by atoms with van der Waals surface area (Å²) in [4.78, 5) is 0. The number of aliphatic hydroxyl groups is 1. The highest BCUT2D eigenvalue weighted by atomic mass is 16.2. The summed E-state index contributed by atoms with van der Waals surface area (Å²) < 4.78 is 0. The lowest BCUT2D eigenvalue weighted by molar-refractivity contribution is 0.474. The third kappa shape index (κ3) is 17.0. The fourth-order valence-electron chi connectivity index (χ4n) is 2.10. The summed E-state index contributed by atoms with van der Waals surface area (Å²) in [6, 6.07) is 0. The highest BCUT2D eigenvalue weighted by Gasteiger charge is 1.91. The Labute approximate surface area is 120 Å². The molecular weight excluding hydrogens is 232 g/mol. The molecule has 0 saturated heterocycles. The summed E-state index contributed by atoms with van der Waals surface area (Å²) in [7, 11) is 0. The van der Waals surface area contributed by atoms with Gasteiger partial charge in [-0.15, -0.1) is 0 Å². The van der Waals surface area contributed by atoms with Crippen molar-refractivity contribution in [1.29, 1.82) is 0 Å². The van der Waals surface area contributed by atoms with Gasteiger partial charge in [-0.05, 0) is 18.9 Å². The molecule has 0 aliphatic carbocycles. The molecule has 19 heavy (non-hydrogen) atoms. The molecule has 0 bridgehead atoms. The maximum Gasteiger partial charge on any atom is 0.0791 e. The number of unbranched alkanes of at least 4 members (excludes halogenated alkanes) is 10. The van der Waals surface area contributed by atoms with Crippen LogP contribution in [0.15, 0.2) is 36.6 Å². The second-order valence-corrected chi connectivity index (χ2v) is 5.13. The van der Waals surface area contributed by atoms with Gasteiger partial charge in [0.2, 0.25) is 0 Å². The molecule has 0 rings (SSSR count). The molecule has 0 aromatic carbocycles. The van der Waals surface area contributed by atoms with Crippen molar-refractivity contribution in [2.45, 2.75) is 77.6 Å². The first-order valence-corrected chi connectivity index (χ1v) is 8.04. The smallest absolute Gasteiger partial charge is 0.0791 e. The fourth-order valence-corrected chi connectivity index (χ4v) is 2.10. The highest BCUT2D eigenvalue weighted by molar-refractivity contribution is 5.09. The van der Waals surface area contributed by atoms with E-state index in [2.05, 4.69) is 13.0 Å². The summed E-state index contributed by atoms with van der Waals surface area (Å²) >= 11 is 0. The molecule has 0 aromatic rings. The molecule has 1 nitrogen and oxygen atoms in total. The van der Waals surface area contributed by atoms with Crippen LogP contribution in [0, 0.1) is 0 Å². The maximum atomic E-state index is 8.41. The van der Waals surface area contributed by atoms with Crippen molar-refractivity contribution in [3.05, 3.63) is 36.6 Å². The molecule has 110 valence electrons. The van der Waals surface area contributed by atoms with Crippen molar-refractivity contribution in [2.75, 3.05) is 0 Å². The fraction of sp³-hybridized carbons (Fsp3) is 0.667. The Balaban J connectivity index is 3.10. The van der Waals surface area contributed by atoms with Crippen LogP contribution in [0.4, 0.5) is 0 Å². The van der Waals surface area contributed by atoms with Crippen LogP contribution in [0.2, 0.25) is 0 Å². The Bertz CT molecular complexity index is 238. The van der Waals surface area contributed by atoms with Crippen molar-refractivity contribution in [3.63, 3.8) is 0 Å². The zero-order valence-corrected chi connectivity index (χ0v) is 12.7. The first kappa shape index (κ1) is 18.0. The van der Waals surface area contributed by atoms with E-state index in [-0.39, 0.29) is 0 Å². The first-order valence-electron chi connectivity index (χ1n) is 8.04. The van der Waals surface area contributed by atoms with Crippen LogP contribution in [0.3, 0.4) is 0 Å². The molecule has 0 heterocycles. The van der Waals surface area contributed by atoms with Crippen LogP contribution in [0.25, 0.3) is 0 Å². The minimum Gasteiger partial charge on any atom is -0.516 e. The number of hydrogen-bond donors (Lipinski definition) is 1. The Morgan fingerprint density at radius 2 is 1.16 bits per heavy atom. The lowest BCUT2D eigenvalue weighted by Crippen LogP contribution is -1.81. The van der Waals surface area contributed by atoms with Crippen molar-refractivity contribution >= 4 is 0 Å². The first-order chi connectivity index (χ1) is 9.41. The quantitative estimate of drug-likeness (QED) is 0.229. The van der Waals surface area contributed by atoms with Crippen LogP contribution in [0.1, 0.15) is 77.6 Å². The second-order valence-electron chi connectivity index (χ2n) is 5.13. The SMILES string of the molecule is CCCCCCCCCCCC/C=C\C=CC=CO. The Morgan fingerprint density at radius 1 is 0.632 bits per heavy atom. The monoisotopic (exact) mass is 264 g/mol. The molecular formula is C18H32O. The predicted octanol–water partition coefficient (Wildman–Crippen LogP) is 6.48. The molecule has 0 aliphatic heterocycles. The van der Waals surface area contributed by atoms with Crippen LogP contribution in [-0.2, 0) is 0 Å². The predicted molar refractivity (Wildman–Crippen MR) is 86.5 cm³/mol. The number of aliphatic hydroxyl groups excluding tert-OH is 1. The van der Waals surface area contributed by atoms with Crippen molar-refractivity contribution < 1.29 is 5.11 Å². The Kier molecular flexibility index (Phi) is 16.1. The summed E-state index contributed by atoms with van der Waals surface area (Å²) in [5.41, 5.74) is 0. The summed E-state index contributed by atoms with van der Waals surface area (Å²) in [5, 5.41) is 8.41. The Morgan fingerprint density at radius 3 is 1.74 bits per heavy atom. The van der Waals surface area contributed by atoms with Gasteiger partial charge in [-0.1, -0.05) is 89.0 Å². The summed E-state index contributed by atoms with van der Waals surface area (Å²) in [6.45, 7) is 2.27. The van der Waals surface area contributed by atoms with Crippen LogP contribution < -0.4 is 0 Å². The van der Waals surface area contributed by atoms with Gasteiger partial charge in [0.15, 0.2) is 0 Å². The van der Waals surface area contributed by atoms with Crippen LogP contribution in [-0.4, -0.2) is 5.11 Å². The normalized spacial score (nSPS) is 12.3. The lowest BCUT2D eigenvalue weighted by Gasteiger charge is -2.01. The lowest BCUT2D eigenvalue weighted by atomic mass is 10.1. The van der Waals surface area contributed by atoms with E-state index in [0.29, 0.717) is 0 Å². The van der Waals surface area contributed by atoms with E-state index in [1.165, 1.54) is 70.6 Å². The van der Waals surface area contributed by atoms with E-state index in [1.54, 1.807) is 6.08 Å². The van der Waals surface area contributed by atoms with Crippen molar-refractivity contribution in [3.8, 4) is 0 Å². The van der Waals surface area contributed by atoms with Crippen LogP contribution >= 0.6 is 0 Å². The highest BCUT2D eigenvalue weighted by Crippen LogP contribution is 2.11. The third-order valence-electron chi connectivity index (χ3n) is 3.28. The average molecular weight is 264 g/mol. The molecule has 0 amide bonds. The largest absolute Gasteiger partial charge is 0.516 e. The molecule has 0 saturated carbocycles. The maximum absolute atomic E-state index is 8.41. The van der Waals surface area contributed by atoms with E-state index in [0.717, 1.165) is 6.26 Å². The average Bonchev–Trinajstić information content (AvgIpc) is 2.43. The van der Waals surface area contributed by atoms with Gasteiger partial charge >= 0.3 is 0 Å². The van der Waals surface area contributed by atoms with E-state index in [9.17, 15) is 0 Å². The second kappa shape index (κ2) is 17.0. The van der Waals surface area contributed by atoms with Crippen molar-refractivity contribution in [2.24, 2.45) is 0 Å². The van der Waals surface area contributed by atoms with Gasteiger partial charge in [-0.25, -0.2) is 0 Å². The molecule has 0 atom stereocenters. The molecule has 0 aliphatic rings. The Hall–Kier alpha value is -0.980. The number of allylic oxidation sites excluding steroid dienone is 5. The van der Waals surface area contributed by atoms with Gasteiger partial charge in [0.1, 0.15) is 0 Å². The van der Waals surface area contributed by atoms with E-state index >= 15 is 0 Å². The molecule has 0 unspecified atom stereocenters. The number of hydrogen-bond acceptors (Lipinski definition) is 1. The van der Waals surface area contributed by atoms with E-state index in [1.807, 2.05) is 18.2 Å². The van der Waals surface area contributed by atoms with Gasteiger partial charge in [-0.2, -0.15) is 0 Å². The molecule has 1 N–H and O–H groups in total.